The van der Waals surface area contributed by atoms with Crippen LogP contribution in [0.4, 0.5) is 23.1 Å². The van der Waals surface area contributed by atoms with Crippen LogP contribution in [0.2, 0.25) is 0 Å². The molecule has 0 fully saturated rings. The fourth-order valence-corrected chi connectivity index (χ4v) is 3.49. The van der Waals surface area contributed by atoms with E-state index in [2.05, 4.69) is 73.9 Å². The molecule has 28 heavy (non-hydrogen) atoms. The van der Waals surface area contributed by atoms with Gasteiger partial charge in [0.1, 0.15) is 5.82 Å². The number of fused-ring (bicyclic) bond motifs is 1. The van der Waals surface area contributed by atoms with E-state index in [1.165, 1.54) is 16.7 Å². The molecule has 3 N–H and O–H groups in total. The van der Waals surface area contributed by atoms with Crippen molar-refractivity contribution in [2.24, 2.45) is 0 Å². The zero-order valence-electron chi connectivity index (χ0n) is 15.6. The number of hydrogen-bond donors (Lipinski definition) is 3. The molecule has 0 saturated heterocycles. The average molecular weight is 438 g/mol. The van der Waals surface area contributed by atoms with Crippen molar-refractivity contribution in [3.05, 3.63) is 69.3 Å². The Balaban J connectivity index is 1.50. The van der Waals surface area contributed by atoms with Gasteiger partial charge in [-0.2, -0.15) is 4.98 Å². The second-order valence-electron chi connectivity index (χ2n) is 6.82. The minimum Gasteiger partial charge on any atom is -0.365 e. The standard InChI is InChI=1S/C21H20BrN5O/c1-12-4-3-5-15(13(12)2)10-23-20-17(22)11-24-21(27-20)25-16-7-6-14-8-19(28)26-18(14)9-16/h3-7,9,11H,8,10H2,1-2H3,(H,26,28)(H2,23,24,25,27). The number of amides is 1. The van der Waals surface area contributed by atoms with E-state index >= 15 is 0 Å². The van der Waals surface area contributed by atoms with Crippen molar-refractivity contribution < 1.29 is 4.79 Å². The van der Waals surface area contributed by atoms with Crippen molar-refractivity contribution in [1.29, 1.82) is 0 Å². The Morgan fingerprint density at radius 1 is 1.21 bits per heavy atom. The van der Waals surface area contributed by atoms with Gasteiger partial charge in [-0.25, -0.2) is 4.98 Å². The second kappa shape index (κ2) is 7.59. The molecule has 0 radical (unpaired) electrons. The van der Waals surface area contributed by atoms with Crippen molar-refractivity contribution in [2.45, 2.75) is 26.8 Å². The van der Waals surface area contributed by atoms with Crippen molar-refractivity contribution >= 4 is 45.0 Å². The lowest BCUT2D eigenvalue weighted by molar-refractivity contribution is -0.115. The number of halogens is 1. The maximum atomic E-state index is 11.5. The highest BCUT2D eigenvalue weighted by atomic mass is 79.9. The summed E-state index contributed by atoms with van der Waals surface area (Å²) in [5.41, 5.74) is 6.44. The highest BCUT2D eigenvalue weighted by Crippen LogP contribution is 2.28. The molecule has 4 rings (SSSR count). The number of nitrogens with zero attached hydrogens (tertiary/aromatic N) is 2. The molecule has 1 amide bonds. The zero-order chi connectivity index (χ0) is 19.7. The summed E-state index contributed by atoms with van der Waals surface area (Å²) in [6.45, 7) is 4.91. The van der Waals surface area contributed by atoms with Crippen LogP contribution < -0.4 is 16.0 Å². The number of anilines is 4. The molecular formula is C21H20BrN5O. The third-order valence-electron chi connectivity index (χ3n) is 4.90. The maximum absolute atomic E-state index is 11.5. The molecule has 1 aromatic heterocycles. The smallest absolute Gasteiger partial charge is 0.229 e. The Morgan fingerprint density at radius 3 is 2.93 bits per heavy atom. The number of hydrogen-bond acceptors (Lipinski definition) is 5. The topological polar surface area (TPSA) is 78.9 Å². The van der Waals surface area contributed by atoms with E-state index in [9.17, 15) is 4.79 Å². The summed E-state index contributed by atoms with van der Waals surface area (Å²) in [6, 6.07) is 12.0. The first-order valence-electron chi connectivity index (χ1n) is 9.01. The molecule has 2 heterocycles. The van der Waals surface area contributed by atoms with Gasteiger partial charge in [-0.05, 0) is 64.2 Å². The lowest BCUT2D eigenvalue weighted by Gasteiger charge is -2.13. The summed E-state index contributed by atoms with van der Waals surface area (Å²) < 4.78 is 0.796. The number of aryl methyl sites for hydroxylation is 1. The van der Waals surface area contributed by atoms with Gasteiger partial charge in [0.15, 0.2) is 0 Å². The zero-order valence-corrected chi connectivity index (χ0v) is 17.2. The van der Waals surface area contributed by atoms with Gasteiger partial charge in [-0.1, -0.05) is 24.3 Å². The van der Waals surface area contributed by atoms with Gasteiger partial charge >= 0.3 is 0 Å². The molecule has 3 aromatic rings. The van der Waals surface area contributed by atoms with E-state index in [-0.39, 0.29) is 5.91 Å². The summed E-state index contributed by atoms with van der Waals surface area (Å²) in [5.74, 6) is 1.22. The summed E-state index contributed by atoms with van der Waals surface area (Å²) in [4.78, 5) is 20.4. The van der Waals surface area contributed by atoms with Gasteiger partial charge < -0.3 is 16.0 Å². The molecular weight excluding hydrogens is 418 g/mol. The number of nitrogens with one attached hydrogen (secondary N) is 3. The molecule has 1 aliphatic rings. The van der Waals surface area contributed by atoms with Gasteiger partial charge in [0.25, 0.3) is 0 Å². The average Bonchev–Trinajstić information content (AvgIpc) is 3.04. The van der Waals surface area contributed by atoms with Crippen LogP contribution in [-0.4, -0.2) is 15.9 Å². The Morgan fingerprint density at radius 2 is 2.07 bits per heavy atom. The quantitative estimate of drug-likeness (QED) is 0.538. The Hall–Kier alpha value is -2.93. The van der Waals surface area contributed by atoms with Crippen LogP contribution in [0, 0.1) is 13.8 Å². The highest BCUT2D eigenvalue weighted by molar-refractivity contribution is 9.10. The van der Waals surface area contributed by atoms with Gasteiger partial charge in [0.05, 0.1) is 10.9 Å². The second-order valence-corrected chi connectivity index (χ2v) is 7.68. The number of aromatic nitrogens is 2. The monoisotopic (exact) mass is 437 g/mol. The predicted molar refractivity (Wildman–Crippen MR) is 115 cm³/mol. The molecule has 0 aliphatic carbocycles. The third-order valence-corrected chi connectivity index (χ3v) is 5.48. The minimum atomic E-state index is 0.0185. The molecule has 0 spiro atoms. The summed E-state index contributed by atoms with van der Waals surface area (Å²) in [7, 11) is 0. The van der Waals surface area contributed by atoms with Crippen molar-refractivity contribution in [1.82, 2.24) is 9.97 Å². The molecule has 0 bridgehead atoms. The van der Waals surface area contributed by atoms with E-state index in [0.717, 1.165) is 21.4 Å². The largest absolute Gasteiger partial charge is 0.365 e. The van der Waals surface area contributed by atoms with Crippen LogP contribution in [0.15, 0.2) is 47.1 Å². The molecule has 0 atom stereocenters. The first-order chi connectivity index (χ1) is 13.5. The normalized spacial score (nSPS) is 12.5. The van der Waals surface area contributed by atoms with Crippen LogP contribution in [0.3, 0.4) is 0 Å². The van der Waals surface area contributed by atoms with E-state index in [1.807, 2.05) is 18.2 Å². The molecule has 142 valence electrons. The van der Waals surface area contributed by atoms with Gasteiger partial charge in [-0.15, -0.1) is 0 Å². The summed E-state index contributed by atoms with van der Waals surface area (Å²) in [5, 5.41) is 9.43. The molecule has 0 saturated carbocycles. The number of rotatable bonds is 5. The SMILES string of the molecule is Cc1cccc(CNc2nc(Nc3ccc4c(c3)NC(=O)C4)ncc2Br)c1C. The summed E-state index contributed by atoms with van der Waals surface area (Å²) >= 11 is 3.51. The minimum absolute atomic E-state index is 0.0185. The number of carbonyl (C=O) groups is 1. The van der Waals surface area contributed by atoms with Gasteiger partial charge in [0.2, 0.25) is 11.9 Å². The Labute approximate surface area is 171 Å². The number of carbonyl (C=O) groups excluding carboxylic acids is 1. The predicted octanol–water partition coefficient (Wildman–Crippen LogP) is 4.71. The van der Waals surface area contributed by atoms with Crippen LogP contribution in [0.25, 0.3) is 0 Å². The first-order valence-corrected chi connectivity index (χ1v) is 9.80. The van der Waals surface area contributed by atoms with Crippen LogP contribution >= 0.6 is 15.9 Å². The van der Waals surface area contributed by atoms with E-state index in [0.29, 0.717) is 24.7 Å². The van der Waals surface area contributed by atoms with Crippen molar-refractivity contribution in [3.63, 3.8) is 0 Å². The third kappa shape index (κ3) is 3.84. The van der Waals surface area contributed by atoms with Crippen LogP contribution in [-0.2, 0) is 17.8 Å². The molecule has 2 aromatic carbocycles. The van der Waals surface area contributed by atoms with E-state index < -0.39 is 0 Å². The van der Waals surface area contributed by atoms with Crippen LogP contribution in [0.5, 0.6) is 0 Å². The lowest BCUT2D eigenvalue weighted by atomic mass is 10.0. The molecule has 0 unspecified atom stereocenters. The highest BCUT2D eigenvalue weighted by Gasteiger charge is 2.17. The first kappa shape index (κ1) is 18.4. The van der Waals surface area contributed by atoms with E-state index in [1.54, 1.807) is 6.20 Å². The van der Waals surface area contributed by atoms with Crippen molar-refractivity contribution in [2.75, 3.05) is 16.0 Å². The van der Waals surface area contributed by atoms with Crippen LogP contribution in [0.1, 0.15) is 22.3 Å². The number of benzene rings is 2. The molecule has 1 aliphatic heterocycles. The van der Waals surface area contributed by atoms with E-state index in [4.69, 9.17) is 0 Å². The molecule has 7 heteroatoms. The van der Waals surface area contributed by atoms with Crippen molar-refractivity contribution in [3.8, 4) is 0 Å². The van der Waals surface area contributed by atoms with Gasteiger partial charge in [-0.3, -0.25) is 4.79 Å². The molecule has 6 nitrogen and oxygen atoms in total. The lowest BCUT2D eigenvalue weighted by Crippen LogP contribution is -2.07. The maximum Gasteiger partial charge on any atom is 0.229 e. The fourth-order valence-electron chi connectivity index (χ4n) is 3.15. The van der Waals surface area contributed by atoms with Gasteiger partial charge in [0, 0.05) is 24.1 Å². The fraction of sp³-hybridized carbons (Fsp3) is 0.190. The Bertz CT molecular complexity index is 1070. The summed E-state index contributed by atoms with van der Waals surface area (Å²) in [6.07, 6.45) is 2.15. The Kier molecular flexibility index (Phi) is 5.00.